The Morgan fingerprint density at radius 2 is 1.80 bits per heavy atom. The van der Waals surface area contributed by atoms with Crippen LogP contribution in [0.15, 0.2) is 35.5 Å². The van der Waals surface area contributed by atoms with Crippen LogP contribution in [0, 0.1) is 23.2 Å². The van der Waals surface area contributed by atoms with Crippen LogP contribution < -0.4 is 11.3 Å². The molecule has 1 aliphatic heterocycles. The van der Waals surface area contributed by atoms with E-state index < -0.39 is 0 Å². The van der Waals surface area contributed by atoms with Crippen molar-refractivity contribution < 1.29 is 14.3 Å². The molecule has 2 aromatic rings. The molecule has 7 rings (SSSR count). The van der Waals surface area contributed by atoms with Gasteiger partial charge < -0.3 is 19.9 Å². The Morgan fingerprint density at radius 3 is 2.46 bits per heavy atom. The zero-order chi connectivity index (χ0) is 24.3. The number of hydrogen-bond donors (Lipinski definition) is 1. The first-order valence-corrected chi connectivity index (χ1v) is 12.6. The SMILES string of the molecule is Cn1cc(-c2cnc(C3CCN(C(=O)OC4C5CC6C[C@H]4C[C@@](C(N)=O)(C6)C5)C3)nc2)ccc1=O. The zero-order valence-corrected chi connectivity index (χ0v) is 19.9. The van der Waals surface area contributed by atoms with E-state index in [1.807, 2.05) is 0 Å². The van der Waals surface area contributed by atoms with Crippen molar-refractivity contribution in [2.45, 2.75) is 50.5 Å². The van der Waals surface area contributed by atoms with E-state index in [0.717, 1.165) is 49.7 Å². The number of rotatable bonds is 4. The van der Waals surface area contributed by atoms with Gasteiger partial charge in [0.1, 0.15) is 11.9 Å². The highest BCUT2D eigenvalue weighted by molar-refractivity contribution is 5.81. The first kappa shape index (κ1) is 22.2. The number of aromatic nitrogens is 3. The fourth-order valence-corrected chi connectivity index (χ4v) is 7.26. The van der Waals surface area contributed by atoms with Crippen LogP contribution in [-0.2, 0) is 16.6 Å². The lowest BCUT2D eigenvalue weighted by Gasteiger charge is -2.58. The van der Waals surface area contributed by atoms with Gasteiger partial charge in [-0.2, -0.15) is 0 Å². The van der Waals surface area contributed by atoms with Crippen molar-refractivity contribution in [2.75, 3.05) is 13.1 Å². The van der Waals surface area contributed by atoms with Gasteiger partial charge in [-0.05, 0) is 62.3 Å². The first-order chi connectivity index (χ1) is 16.8. The van der Waals surface area contributed by atoms with Crippen LogP contribution in [0.3, 0.4) is 0 Å². The van der Waals surface area contributed by atoms with Gasteiger partial charge in [-0.1, -0.05) is 0 Å². The van der Waals surface area contributed by atoms with Crippen molar-refractivity contribution in [1.29, 1.82) is 0 Å². The Hall–Kier alpha value is -3.23. The normalized spacial score (nSPS) is 33.2. The number of carbonyl (C=O) groups excluding carboxylic acids is 2. The number of ether oxygens (including phenoxy) is 1. The number of amides is 2. The second kappa shape index (κ2) is 8.17. The molecule has 3 heterocycles. The van der Waals surface area contributed by atoms with Crippen molar-refractivity contribution in [3.63, 3.8) is 0 Å². The summed E-state index contributed by atoms with van der Waals surface area (Å²) in [4.78, 5) is 47.8. The molecule has 2 amide bonds. The van der Waals surface area contributed by atoms with Crippen molar-refractivity contribution in [2.24, 2.45) is 36.0 Å². The van der Waals surface area contributed by atoms with Gasteiger partial charge in [-0.25, -0.2) is 14.8 Å². The molecule has 35 heavy (non-hydrogen) atoms. The lowest BCUT2D eigenvalue weighted by Crippen LogP contribution is -2.59. The van der Waals surface area contributed by atoms with E-state index in [1.54, 1.807) is 36.6 Å². The van der Waals surface area contributed by atoms with Crippen LogP contribution in [-0.4, -0.2) is 50.6 Å². The maximum Gasteiger partial charge on any atom is 0.410 e. The van der Waals surface area contributed by atoms with Gasteiger partial charge in [0.15, 0.2) is 0 Å². The third-order valence-electron chi connectivity index (χ3n) is 8.85. The minimum atomic E-state index is -0.379. The van der Waals surface area contributed by atoms with Crippen molar-refractivity contribution in [1.82, 2.24) is 19.4 Å². The van der Waals surface area contributed by atoms with Crippen LogP contribution in [0.4, 0.5) is 4.79 Å². The smallest absolute Gasteiger partial charge is 0.410 e. The molecular weight excluding hydrogens is 446 g/mol. The van der Waals surface area contributed by atoms with Crippen LogP contribution in [0.5, 0.6) is 0 Å². The molecule has 4 saturated carbocycles. The number of pyridine rings is 1. The lowest BCUT2D eigenvalue weighted by atomic mass is 9.48. The van der Waals surface area contributed by atoms with Crippen LogP contribution in [0.1, 0.15) is 50.3 Å². The minimum absolute atomic E-state index is 0.0633. The van der Waals surface area contributed by atoms with Crippen molar-refractivity contribution in [3.8, 4) is 11.1 Å². The summed E-state index contributed by atoms with van der Waals surface area (Å²) in [7, 11) is 1.71. The molecule has 9 nitrogen and oxygen atoms in total. The van der Waals surface area contributed by atoms with E-state index in [-0.39, 0.29) is 46.8 Å². The van der Waals surface area contributed by atoms with Gasteiger partial charge in [-0.15, -0.1) is 0 Å². The average Bonchev–Trinajstić information content (AvgIpc) is 3.33. The van der Waals surface area contributed by atoms with E-state index in [9.17, 15) is 14.4 Å². The van der Waals surface area contributed by atoms with Gasteiger partial charge in [0.25, 0.3) is 0 Å². The van der Waals surface area contributed by atoms with E-state index in [4.69, 9.17) is 10.5 Å². The molecule has 6 atom stereocenters. The Morgan fingerprint density at radius 1 is 1.09 bits per heavy atom. The molecule has 2 aromatic heterocycles. The number of carbonyl (C=O) groups is 2. The van der Waals surface area contributed by atoms with Crippen molar-refractivity contribution in [3.05, 3.63) is 46.9 Å². The number of primary amides is 1. The second-order valence-electron chi connectivity index (χ2n) is 11.1. The highest BCUT2D eigenvalue weighted by Crippen LogP contribution is 2.60. The largest absolute Gasteiger partial charge is 0.446 e. The van der Waals surface area contributed by atoms with Gasteiger partial charge in [0, 0.05) is 61.8 Å². The predicted octanol–water partition coefficient (Wildman–Crippen LogP) is 2.45. The highest BCUT2D eigenvalue weighted by atomic mass is 16.6. The molecule has 0 aromatic carbocycles. The van der Waals surface area contributed by atoms with E-state index in [1.165, 1.54) is 10.6 Å². The van der Waals surface area contributed by atoms with E-state index >= 15 is 0 Å². The monoisotopic (exact) mass is 477 g/mol. The number of nitrogens with two attached hydrogens (primary N) is 1. The second-order valence-corrected chi connectivity index (χ2v) is 11.1. The predicted molar refractivity (Wildman–Crippen MR) is 127 cm³/mol. The highest BCUT2D eigenvalue weighted by Gasteiger charge is 2.59. The number of nitrogens with zero attached hydrogens (tertiary/aromatic N) is 4. The number of aryl methyl sites for hydroxylation is 1. The third-order valence-corrected chi connectivity index (χ3v) is 8.85. The number of hydrogen-bond acceptors (Lipinski definition) is 6. The molecule has 1 saturated heterocycles. The molecule has 9 heteroatoms. The van der Waals surface area contributed by atoms with Crippen LogP contribution in [0.2, 0.25) is 0 Å². The van der Waals surface area contributed by atoms with Crippen LogP contribution >= 0.6 is 0 Å². The third kappa shape index (κ3) is 3.81. The van der Waals surface area contributed by atoms with Gasteiger partial charge >= 0.3 is 6.09 Å². The van der Waals surface area contributed by atoms with Crippen molar-refractivity contribution >= 4 is 12.0 Å². The molecule has 4 aliphatic carbocycles. The maximum absolute atomic E-state index is 13.1. The summed E-state index contributed by atoms with van der Waals surface area (Å²) in [6, 6.07) is 3.30. The standard InChI is InChI=1S/C26H31N5O4/c1-30-13-16(2-3-21(30)32)20-11-28-23(29-12-20)17-4-5-31(14-17)25(34)35-22-18-6-15-7-19(22)10-26(8-15,9-18)24(27)33/h2-3,11-13,15,17-19,22H,4-10,14H2,1H3,(H2,27,33)/t15?,17?,18-,19?,22?,26-/m0/s1. The fraction of sp³-hybridized carbons (Fsp3) is 0.577. The fourth-order valence-electron chi connectivity index (χ4n) is 7.26. The summed E-state index contributed by atoms with van der Waals surface area (Å²) in [6.07, 6.45) is 10.2. The molecular formula is C26H31N5O4. The molecule has 184 valence electrons. The zero-order valence-electron chi connectivity index (χ0n) is 19.9. The molecule has 2 N–H and O–H groups in total. The first-order valence-electron chi connectivity index (χ1n) is 12.6. The minimum Gasteiger partial charge on any atom is -0.446 e. The topological polar surface area (TPSA) is 120 Å². The molecule has 0 spiro atoms. The average molecular weight is 478 g/mol. The lowest BCUT2D eigenvalue weighted by molar-refractivity contribution is -0.161. The molecule has 4 bridgehead atoms. The van der Waals surface area contributed by atoms with Gasteiger partial charge in [-0.3, -0.25) is 9.59 Å². The molecule has 0 radical (unpaired) electrons. The molecule has 5 fully saturated rings. The van der Waals surface area contributed by atoms with Gasteiger partial charge in [0.05, 0.1) is 5.41 Å². The summed E-state index contributed by atoms with van der Waals surface area (Å²) in [5, 5.41) is 0. The summed E-state index contributed by atoms with van der Waals surface area (Å²) in [5.74, 6) is 1.62. The summed E-state index contributed by atoms with van der Waals surface area (Å²) in [6.45, 7) is 1.15. The number of likely N-dealkylation sites (tertiary alicyclic amines) is 1. The van der Waals surface area contributed by atoms with Crippen LogP contribution in [0.25, 0.3) is 11.1 Å². The summed E-state index contributed by atoms with van der Waals surface area (Å²) < 4.78 is 7.61. The maximum atomic E-state index is 13.1. The van der Waals surface area contributed by atoms with Gasteiger partial charge in [0.2, 0.25) is 11.5 Å². The van der Waals surface area contributed by atoms with E-state index in [2.05, 4.69) is 9.97 Å². The van der Waals surface area contributed by atoms with E-state index in [0.29, 0.717) is 24.8 Å². The summed E-state index contributed by atoms with van der Waals surface area (Å²) in [5.41, 5.74) is 7.06. The molecule has 5 aliphatic rings. The Kier molecular flexibility index (Phi) is 5.19. The molecule has 4 unspecified atom stereocenters. The Balaban J connectivity index is 1.09. The Bertz CT molecular complexity index is 1210. The Labute approximate surface area is 203 Å². The summed E-state index contributed by atoms with van der Waals surface area (Å²) >= 11 is 0. The quantitative estimate of drug-likeness (QED) is 0.722.